The molecule has 0 aliphatic carbocycles. The average molecular weight is 351 g/mol. The molecule has 2 aromatic rings. The summed E-state index contributed by atoms with van der Waals surface area (Å²) in [4.78, 5) is 2.45. The van der Waals surface area contributed by atoms with Crippen molar-refractivity contribution in [2.24, 2.45) is 5.41 Å². The zero-order chi connectivity index (χ0) is 16.4. The SMILES string of the molecule is CC(C)(CO)[C@@H](c1ccc(O)c2ccccc12)N1CCNCC1.Cl. The molecule has 1 saturated heterocycles. The third-order valence-corrected chi connectivity index (χ3v) is 4.89. The number of hydrogen-bond donors (Lipinski definition) is 3. The summed E-state index contributed by atoms with van der Waals surface area (Å²) in [5.74, 6) is 0.310. The van der Waals surface area contributed by atoms with E-state index in [-0.39, 0.29) is 30.5 Å². The molecule has 1 fully saturated rings. The number of benzene rings is 2. The average Bonchev–Trinajstić information content (AvgIpc) is 2.58. The minimum Gasteiger partial charge on any atom is -0.507 e. The maximum Gasteiger partial charge on any atom is 0.123 e. The lowest BCUT2D eigenvalue weighted by molar-refractivity contribution is 0.0313. The highest BCUT2D eigenvalue weighted by atomic mass is 35.5. The Morgan fingerprint density at radius 1 is 1.08 bits per heavy atom. The van der Waals surface area contributed by atoms with Gasteiger partial charge in [0, 0.05) is 49.6 Å². The second-order valence-corrected chi connectivity index (χ2v) is 7.05. The molecule has 0 unspecified atom stereocenters. The van der Waals surface area contributed by atoms with E-state index in [1.807, 2.05) is 24.3 Å². The Hall–Kier alpha value is -1.33. The van der Waals surface area contributed by atoms with Crippen LogP contribution in [0.15, 0.2) is 36.4 Å². The van der Waals surface area contributed by atoms with E-state index in [4.69, 9.17) is 0 Å². The zero-order valence-corrected chi connectivity index (χ0v) is 15.1. The van der Waals surface area contributed by atoms with Crippen LogP contribution in [0.4, 0.5) is 0 Å². The number of aliphatic hydroxyl groups is 1. The maximum atomic E-state index is 10.2. The fourth-order valence-corrected chi connectivity index (χ4v) is 3.68. The van der Waals surface area contributed by atoms with E-state index in [9.17, 15) is 10.2 Å². The third kappa shape index (κ3) is 3.52. The summed E-state index contributed by atoms with van der Waals surface area (Å²) in [6.45, 7) is 8.20. The lowest BCUT2D eigenvalue weighted by Crippen LogP contribution is -2.49. The number of piperazine rings is 1. The number of phenols is 1. The predicted octanol–water partition coefficient (Wildman–Crippen LogP) is 2.93. The largest absolute Gasteiger partial charge is 0.507 e. The minimum absolute atomic E-state index is 0. The van der Waals surface area contributed by atoms with Crippen LogP contribution < -0.4 is 5.32 Å². The second kappa shape index (κ2) is 7.70. The molecule has 5 heteroatoms. The number of fused-ring (bicyclic) bond motifs is 1. The van der Waals surface area contributed by atoms with Crippen molar-refractivity contribution in [2.75, 3.05) is 32.8 Å². The Balaban J connectivity index is 0.00000208. The molecule has 1 atom stereocenters. The van der Waals surface area contributed by atoms with Crippen molar-refractivity contribution < 1.29 is 10.2 Å². The molecule has 3 N–H and O–H groups in total. The highest BCUT2D eigenvalue weighted by molar-refractivity contribution is 5.91. The summed E-state index contributed by atoms with van der Waals surface area (Å²) >= 11 is 0. The van der Waals surface area contributed by atoms with Gasteiger partial charge in [0.25, 0.3) is 0 Å². The second-order valence-electron chi connectivity index (χ2n) is 7.05. The summed E-state index contributed by atoms with van der Waals surface area (Å²) in [6, 6.07) is 11.9. The Morgan fingerprint density at radius 3 is 2.33 bits per heavy atom. The van der Waals surface area contributed by atoms with Crippen molar-refractivity contribution in [2.45, 2.75) is 19.9 Å². The molecule has 0 aromatic heterocycles. The van der Waals surface area contributed by atoms with E-state index in [0.717, 1.165) is 37.0 Å². The molecular formula is C19H27ClN2O2. The minimum atomic E-state index is -0.267. The highest BCUT2D eigenvalue weighted by Crippen LogP contribution is 2.42. The monoisotopic (exact) mass is 350 g/mol. The summed E-state index contributed by atoms with van der Waals surface area (Å²) < 4.78 is 0. The normalized spacial score (nSPS) is 17.5. The lowest BCUT2D eigenvalue weighted by atomic mass is 9.78. The summed E-state index contributed by atoms with van der Waals surface area (Å²) in [5.41, 5.74) is 0.913. The topological polar surface area (TPSA) is 55.7 Å². The van der Waals surface area contributed by atoms with Gasteiger partial charge in [0.15, 0.2) is 0 Å². The first-order valence-corrected chi connectivity index (χ1v) is 8.31. The van der Waals surface area contributed by atoms with E-state index < -0.39 is 0 Å². The highest BCUT2D eigenvalue weighted by Gasteiger charge is 2.36. The molecule has 132 valence electrons. The van der Waals surface area contributed by atoms with Gasteiger partial charge in [0.1, 0.15) is 5.75 Å². The molecular weight excluding hydrogens is 324 g/mol. The number of nitrogens with one attached hydrogen (secondary N) is 1. The maximum absolute atomic E-state index is 10.2. The van der Waals surface area contributed by atoms with Gasteiger partial charge in [0.2, 0.25) is 0 Å². The van der Waals surface area contributed by atoms with Crippen LogP contribution in [0.3, 0.4) is 0 Å². The smallest absolute Gasteiger partial charge is 0.123 e. The van der Waals surface area contributed by atoms with Gasteiger partial charge in [-0.1, -0.05) is 44.2 Å². The van der Waals surface area contributed by atoms with E-state index >= 15 is 0 Å². The molecule has 0 radical (unpaired) electrons. The van der Waals surface area contributed by atoms with Gasteiger partial charge in [-0.05, 0) is 17.0 Å². The van der Waals surface area contributed by atoms with Gasteiger partial charge in [-0.15, -0.1) is 12.4 Å². The first-order valence-electron chi connectivity index (χ1n) is 8.31. The fraction of sp³-hybridized carbons (Fsp3) is 0.474. The number of aliphatic hydroxyl groups excluding tert-OH is 1. The number of hydrogen-bond acceptors (Lipinski definition) is 4. The number of phenolic OH excluding ortho intramolecular Hbond substituents is 1. The van der Waals surface area contributed by atoms with Crippen LogP contribution in [0.2, 0.25) is 0 Å². The van der Waals surface area contributed by atoms with Crippen LogP contribution in [0, 0.1) is 5.41 Å². The molecule has 3 rings (SSSR count). The van der Waals surface area contributed by atoms with Crippen molar-refractivity contribution in [3.63, 3.8) is 0 Å². The van der Waals surface area contributed by atoms with Crippen molar-refractivity contribution in [1.29, 1.82) is 0 Å². The van der Waals surface area contributed by atoms with Crippen molar-refractivity contribution in [3.8, 4) is 5.75 Å². The van der Waals surface area contributed by atoms with Gasteiger partial charge in [0.05, 0.1) is 0 Å². The van der Waals surface area contributed by atoms with Crippen LogP contribution in [0.1, 0.15) is 25.5 Å². The van der Waals surface area contributed by atoms with Crippen LogP contribution >= 0.6 is 12.4 Å². The van der Waals surface area contributed by atoms with Crippen molar-refractivity contribution in [3.05, 3.63) is 42.0 Å². The molecule has 1 heterocycles. The van der Waals surface area contributed by atoms with Crippen molar-refractivity contribution >= 4 is 23.2 Å². The molecule has 0 amide bonds. The van der Waals surface area contributed by atoms with Gasteiger partial charge in [-0.25, -0.2) is 0 Å². The molecule has 1 aliphatic heterocycles. The van der Waals surface area contributed by atoms with Gasteiger partial charge in [-0.2, -0.15) is 0 Å². The first-order chi connectivity index (χ1) is 11.0. The number of rotatable bonds is 4. The van der Waals surface area contributed by atoms with Crippen LogP contribution in [0.25, 0.3) is 10.8 Å². The summed E-state index contributed by atoms with van der Waals surface area (Å²) in [7, 11) is 0. The summed E-state index contributed by atoms with van der Waals surface area (Å²) in [6.07, 6.45) is 0. The van der Waals surface area contributed by atoms with Crippen LogP contribution in [-0.2, 0) is 0 Å². The quantitative estimate of drug-likeness (QED) is 0.793. The summed E-state index contributed by atoms with van der Waals surface area (Å²) in [5, 5.41) is 25.5. The molecule has 0 saturated carbocycles. The molecule has 0 bridgehead atoms. The molecule has 1 aliphatic rings. The van der Waals surface area contributed by atoms with E-state index in [1.165, 1.54) is 5.56 Å². The Bertz CT molecular complexity index is 684. The predicted molar refractivity (Wildman–Crippen MR) is 101 cm³/mol. The molecule has 2 aromatic carbocycles. The van der Waals surface area contributed by atoms with E-state index in [1.54, 1.807) is 6.07 Å². The Labute approximate surface area is 149 Å². The fourth-order valence-electron chi connectivity index (χ4n) is 3.68. The standard InChI is InChI=1S/C19H26N2O2.ClH/c1-19(2,13-22)18(21-11-9-20-10-12-21)16-7-8-17(23)15-6-4-3-5-14(15)16;/h3-8,18,20,22-23H,9-13H2,1-2H3;1H/t18-;/m1./s1. The molecule has 0 spiro atoms. The molecule has 4 nitrogen and oxygen atoms in total. The van der Waals surface area contributed by atoms with E-state index in [2.05, 4.69) is 30.1 Å². The third-order valence-electron chi connectivity index (χ3n) is 4.89. The Kier molecular flexibility index (Phi) is 6.10. The Morgan fingerprint density at radius 2 is 1.71 bits per heavy atom. The van der Waals surface area contributed by atoms with Gasteiger partial charge in [-0.3, -0.25) is 4.90 Å². The van der Waals surface area contributed by atoms with Crippen molar-refractivity contribution in [1.82, 2.24) is 10.2 Å². The van der Waals surface area contributed by atoms with Crippen LogP contribution in [0.5, 0.6) is 5.75 Å². The first kappa shape index (κ1) is 19.0. The number of halogens is 1. The van der Waals surface area contributed by atoms with Gasteiger partial charge >= 0.3 is 0 Å². The lowest BCUT2D eigenvalue weighted by Gasteiger charge is -2.44. The number of aromatic hydroxyl groups is 1. The van der Waals surface area contributed by atoms with E-state index in [0.29, 0.717) is 5.75 Å². The molecule has 24 heavy (non-hydrogen) atoms. The van der Waals surface area contributed by atoms with Gasteiger partial charge < -0.3 is 15.5 Å². The zero-order valence-electron chi connectivity index (χ0n) is 14.3. The number of nitrogens with zero attached hydrogens (tertiary/aromatic N) is 1. The van der Waals surface area contributed by atoms with Crippen LogP contribution in [-0.4, -0.2) is 47.9 Å².